The minimum absolute atomic E-state index is 0.0890. The minimum Gasteiger partial charge on any atom is -0.497 e. The molecular formula is C27H38N2O4. The summed E-state index contributed by atoms with van der Waals surface area (Å²) < 4.78 is 18.0. The van der Waals surface area contributed by atoms with Crippen LogP contribution in [0.2, 0.25) is 0 Å². The Balaban J connectivity index is 1.34. The third-order valence-corrected chi connectivity index (χ3v) is 7.99. The van der Waals surface area contributed by atoms with E-state index in [1.54, 1.807) is 13.4 Å². The van der Waals surface area contributed by atoms with Crippen molar-refractivity contribution in [1.82, 2.24) is 10.2 Å². The van der Waals surface area contributed by atoms with Crippen molar-refractivity contribution < 1.29 is 19.0 Å². The van der Waals surface area contributed by atoms with Crippen LogP contribution in [0.1, 0.15) is 58.9 Å². The SMILES string of the molecule is COc1ccc(C2=COC3C(CCC4OCN(C5CC(C)(C)NC(C)(C)C5)CC43)C2=O)cc1. The molecule has 2 saturated heterocycles. The Kier molecular flexibility index (Phi) is 5.82. The van der Waals surface area contributed by atoms with Crippen molar-refractivity contribution >= 4 is 11.4 Å². The van der Waals surface area contributed by atoms with Crippen LogP contribution in [-0.2, 0) is 14.3 Å². The molecule has 3 heterocycles. The van der Waals surface area contributed by atoms with Crippen molar-refractivity contribution in [2.45, 2.75) is 82.7 Å². The van der Waals surface area contributed by atoms with Gasteiger partial charge in [-0.1, -0.05) is 12.1 Å². The molecule has 1 N–H and O–H groups in total. The number of nitrogens with one attached hydrogen (secondary N) is 1. The molecule has 3 fully saturated rings. The van der Waals surface area contributed by atoms with Gasteiger partial charge in [0.05, 0.1) is 37.7 Å². The van der Waals surface area contributed by atoms with Gasteiger partial charge in [-0.15, -0.1) is 0 Å². The number of fused-ring (bicyclic) bond motifs is 3. The van der Waals surface area contributed by atoms with Crippen LogP contribution >= 0.6 is 0 Å². The molecule has 180 valence electrons. The molecule has 1 aromatic rings. The fourth-order valence-electron chi connectivity index (χ4n) is 6.82. The van der Waals surface area contributed by atoms with Crippen molar-refractivity contribution in [1.29, 1.82) is 0 Å². The van der Waals surface area contributed by atoms with E-state index in [-0.39, 0.29) is 40.9 Å². The van der Waals surface area contributed by atoms with E-state index in [0.29, 0.717) is 18.3 Å². The van der Waals surface area contributed by atoms with E-state index in [1.807, 2.05) is 24.3 Å². The van der Waals surface area contributed by atoms with Crippen LogP contribution in [0.4, 0.5) is 0 Å². The lowest BCUT2D eigenvalue weighted by Crippen LogP contribution is -2.65. The van der Waals surface area contributed by atoms with Gasteiger partial charge in [0, 0.05) is 29.6 Å². The van der Waals surface area contributed by atoms with Gasteiger partial charge in [-0.2, -0.15) is 0 Å². The summed E-state index contributed by atoms with van der Waals surface area (Å²) in [5, 5.41) is 3.78. The number of carbonyl (C=O) groups is 1. The highest BCUT2D eigenvalue weighted by Gasteiger charge is 2.50. The van der Waals surface area contributed by atoms with Crippen LogP contribution in [0.15, 0.2) is 30.5 Å². The van der Waals surface area contributed by atoms with Gasteiger partial charge in [0.15, 0.2) is 5.78 Å². The molecule has 3 aliphatic heterocycles. The number of benzene rings is 1. The third-order valence-electron chi connectivity index (χ3n) is 7.99. The zero-order chi connectivity index (χ0) is 23.4. The van der Waals surface area contributed by atoms with E-state index in [0.717, 1.165) is 43.5 Å². The lowest BCUT2D eigenvalue weighted by atomic mass is 9.71. The fourth-order valence-corrected chi connectivity index (χ4v) is 6.82. The molecule has 1 aliphatic carbocycles. The first-order valence-electron chi connectivity index (χ1n) is 12.3. The standard InChI is InChI=1S/C27H38N2O4/c1-26(2)12-18(13-27(3,4)28-26)29-14-21-23(33-16-29)11-10-20-24(30)22(15-32-25(20)21)17-6-8-19(31-5)9-7-17/h6-9,15,18,20-21,23,25,28H,10-14,16H2,1-5H3. The highest BCUT2D eigenvalue weighted by molar-refractivity contribution is 6.22. The van der Waals surface area contributed by atoms with Crippen molar-refractivity contribution in [3.63, 3.8) is 0 Å². The Hall–Kier alpha value is -1.89. The van der Waals surface area contributed by atoms with Crippen LogP contribution in [0, 0.1) is 11.8 Å². The van der Waals surface area contributed by atoms with Gasteiger partial charge in [0.25, 0.3) is 0 Å². The monoisotopic (exact) mass is 454 g/mol. The van der Waals surface area contributed by atoms with E-state index < -0.39 is 0 Å². The predicted molar refractivity (Wildman–Crippen MR) is 128 cm³/mol. The average molecular weight is 455 g/mol. The van der Waals surface area contributed by atoms with Gasteiger partial charge < -0.3 is 19.5 Å². The highest BCUT2D eigenvalue weighted by Crippen LogP contribution is 2.43. The van der Waals surface area contributed by atoms with E-state index >= 15 is 0 Å². The van der Waals surface area contributed by atoms with E-state index in [1.165, 1.54) is 0 Å². The van der Waals surface area contributed by atoms with Crippen LogP contribution in [0.25, 0.3) is 5.57 Å². The molecule has 4 unspecified atom stereocenters. The normalized spacial score (nSPS) is 34.0. The molecule has 0 radical (unpaired) electrons. The average Bonchev–Trinajstić information content (AvgIpc) is 2.77. The first-order chi connectivity index (χ1) is 15.7. The summed E-state index contributed by atoms with van der Waals surface area (Å²) in [5.74, 6) is 1.11. The van der Waals surface area contributed by atoms with Crippen LogP contribution in [0.3, 0.4) is 0 Å². The van der Waals surface area contributed by atoms with E-state index in [4.69, 9.17) is 14.2 Å². The number of methoxy groups -OCH3 is 1. The van der Waals surface area contributed by atoms with Crippen molar-refractivity contribution in [3.05, 3.63) is 36.1 Å². The molecule has 0 spiro atoms. The second-order valence-corrected chi connectivity index (χ2v) is 11.6. The molecule has 6 heteroatoms. The Morgan fingerprint density at radius 3 is 2.42 bits per heavy atom. The van der Waals surface area contributed by atoms with Gasteiger partial charge in [-0.3, -0.25) is 9.69 Å². The minimum atomic E-state index is -0.108. The lowest BCUT2D eigenvalue weighted by Gasteiger charge is -2.54. The zero-order valence-corrected chi connectivity index (χ0v) is 20.6. The molecule has 0 aromatic heterocycles. The Morgan fingerprint density at radius 2 is 1.76 bits per heavy atom. The first kappa shape index (κ1) is 22.9. The zero-order valence-electron chi connectivity index (χ0n) is 20.6. The molecule has 6 nitrogen and oxygen atoms in total. The number of allylic oxidation sites excluding steroid dienone is 1. The number of Topliss-reactive ketones (excluding diaryl/α,β-unsaturated/α-hetero) is 1. The molecule has 5 rings (SSSR count). The maximum Gasteiger partial charge on any atom is 0.173 e. The molecule has 0 bridgehead atoms. The Labute approximate surface area is 197 Å². The number of piperidine rings is 1. The number of carbonyl (C=O) groups excluding carboxylic acids is 1. The van der Waals surface area contributed by atoms with Gasteiger partial charge in [0.1, 0.15) is 11.9 Å². The summed E-state index contributed by atoms with van der Waals surface area (Å²) in [6.45, 7) is 10.8. The first-order valence-corrected chi connectivity index (χ1v) is 12.3. The van der Waals surface area contributed by atoms with Crippen LogP contribution < -0.4 is 10.1 Å². The van der Waals surface area contributed by atoms with Crippen molar-refractivity contribution in [2.24, 2.45) is 11.8 Å². The number of nitrogens with zero attached hydrogens (tertiary/aromatic N) is 1. The lowest BCUT2D eigenvalue weighted by molar-refractivity contribution is -0.181. The topological polar surface area (TPSA) is 60.0 Å². The van der Waals surface area contributed by atoms with Gasteiger partial charge in [0.2, 0.25) is 0 Å². The number of hydrogen-bond donors (Lipinski definition) is 1. The van der Waals surface area contributed by atoms with Gasteiger partial charge in [-0.25, -0.2) is 0 Å². The summed E-state index contributed by atoms with van der Waals surface area (Å²) in [5.41, 5.74) is 1.74. The number of hydrogen-bond acceptors (Lipinski definition) is 6. The predicted octanol–water partition coefficient (Wildman–Crippen LogP) is 4.00. The second-order valence-electron chi connectivity index (χ2n) is 11.6. The molecule has 33 heavy (non-hydrogen) atoms. The van der Waals surface area contributed by atoms with Gasteiger partial charge >= 0.3 is 0 Å². The number of ketones is 1. The molecular weight excluding hydrogens is 416 g/mol. The number of ether oxygens (including phenoxy) is 3. The summed E-state index contributed by atoms with van der Waals surface area (Å²) in [7, 11) is 1.65. The van der Waals surface area contributed by atoms with E-state index in [2.05, 4.69) is 37.9 Å². The Morgan fingerprint density at radius 1 is 1.06 bits per heavy atom. The summed E-state index contributed by atoms with van der Waals surface area (Å²) in [6, 6.07) is 8.11. The summed E-state index contributed by atoms with van der Waals surface area (Å²) >= 11 is 0. The van der Waals surface area contributed by atoms with Crippen molar-refractivity contribution in [3.8, 4) is 5.75 Å². The van der Waals surface area contributed by atoms with Crippen LogP contribution in [0.5, 0.6) is 5.75 Å². The quantitative estimate of drug-likeness (QED) is 0.745. The molecule has 4 atom stereocenters. The second kappa shape index (κ2) is 8.40. The summed E-state index contributed by atoms with van der Waals surface area (Å²) in [6.07, 6.45) is 5.69. The van der Waals surface area contributed by atoms with E-state index in [9.17, 15) is 4.79 Å². The highest BCUT2D eigenvalue weighted by atomic mass is 16.5. The molecule has 1 saturated carbocycles. The third kappa shape index (κ3) is 4.45. The maximum absolute atomic E-state index is 13.5. The Bertz CT molecular complexity index is 907. The maximum atomic E-state index is 13.5. The molecule has 0 amide bonds. The molecule has 4 aliphatic rings. The van der Waals surface area contributed by atoms with Crippen molar-refractivity contribution in [2.75, 3.05) is 20.4 Å². The molecule has 1 aromatic carbocycles. The fraction of sp³-hybridized carbons (Fsp3) is 0.667. The number of rotatable bonds is 3. The van der Waals surface area contributed by atoms with Crippen LogP contribution in [-0.4, -0.2) is 60.4 Å². The largest absolute Gasteiger partial charge is 0.497 e. The smallest absolute Gasteiger partial charge is 0.173 e. The summed E-state index contributed by atoms with van der Waals surface area (Å²) in [4.78, 5) is 16.0. The van der Waals surface area contributed by atoms with Gasteiger partial charge in [-0.05, 0) is 71.1 Å².